The molecule has 0 fully saturated rings. The third-order valence-electron chi connectivity index (χ3n) is 2.67. The fraction of sp³-hybridized carbons (Fsp3) is 0.250. The molecule has 0 aliphatic carbocycles. The summed E-state index contributed by atoms with van der Waals surface area (Å²) in [4.78, 5) is 19.2. The van der Waals surface area contributed by atoms with Crippen LogP contribution in [0.1, 0.15) is 5.82 Å². The van der Waals surface area contributed by atoms with Gasteiger partial charge in [-0.15, -0.1) is 0 Å². The third kappa shape index (κ3) is 2.86. The Morgan fingerprint density at radius 1 is 1.33 bits per heavy atom. The van der Waals surface area contributed by atoms with E-state index in [9.17, 15) is 22.4 Å². The van der Waals surface area contributed by atoms with E-state index in [1.807, 2.05) is 0 Å². The van der Waals surface area contributed by atoms with Gasteiger partial charge >= 0.3 is 18.3 Å². The summed E-state index contributed by atoms with van der Waals surface area (Å²) < 4.78 is 51.7. The van der Waals surface area contributed by atoms with E-state index in [2.05, 4.69) is 9.97 Å². The molecule has 0 aliphatic heterocycles. The highest BCUT2D eigenvalue weighted by Crippen LogP contribution is 2.26. The summed E-state index contributed by atoms with van der Waals surface area (Å²) in [6, 6.07) is 2.66. The van der Waals surface area contributed by atoms with Gasteiger partial charge in [-0.3, -0.25) is 9.36 Å². The number of nitrogens with zero attached hydrogens (tertiary/aromatic N) is 3. The lowest BCUT2D eigenvalue weighted by molar-refractivity contribution is -0.163. The van der Waals surface area contributed by atoms with Gasteiger partial charge in [0.05, 0.1) is 5.69 Å². The van der Waals surface area contributed by atoms with Crippen LogP contribution in [0, 0.1) is 6.92 Å². The molecule has 0 saturated carbocycles. The summed E-state index contributed by atoms with van der Waals surface area (Å²) in [6.45, 7) is 1.63. The van der Waals surface area contributed by atoms with E-state index < -0.39 is 18.3 Å². The molecule has 0 aromatic carbocycles. The van der Waals surface area contributed by atoms with Gasteiger partial charge in [-0.05, 0) is 19.1 Å². The van der Waals surface area contributed by atoms with Gasteiger partial charge in [-0.1, -0.05) is 0 Å². The van der Waals surface area contributed by atoms with Gasteiger partial charge in [0.15, 0.2) is 5.82 Å². The minimum Gasteiger partial charge on any atom is -0.317 e. The molecule has 0 saturated heterocycles. The topological polar surface area (TPSA) is 59.8 Å². The highest BCUT2D eigenvalue weighted by molar-refractivity contribution is 5.97. The molecule has 112 valence electrons. The molecule has 0 radical (unpaired) electrons. The Labute approximate surface area is 116 Å². The summed E-state index contributed by atoms with van der Waals surface area (Å²) in [7, 11) is 0. The molecule has 2 rings (SSSR count). The molecule has 1 N–H and O–H groups in total. The first-order valence-electron chi connectivity index (χ1n) is 5.76. The summed E-state index contributed by atoms with van der Waals surface area (Å²) in [5, 5.41) is 1.77. The van der Waals surface area contributed by atoms with Crippen LogP contribution in [0.2, 0.25) is 0 Å². The van der Waals surface area contributed by atoms with Gasteiger partial charge in [0.25, 0.3) is 0 Å². The lowest BCUT2D eigenvalue weighted by Gasteiger charge is -2.16. The van der Waals surface area contributed by atoms with E-state index in [1.54, 1.807) is 12.2 Å². The van der Waals surface area contributed by atoms with E-state index in [4.69, 9.17) is 0 Å². The lowest BCUT2D eigenvalue weighted by Crippen LogP contribution is -2.41. The number of halogens is 4. The number of alkyl halides is 4. The molecule has 1 amide bonds. The van der Waals surface area contributed by atoms with Crippen LogP contribution in [0.15, 0.2) is 30.7 Å². The molecular formula is C12H10F4N4O. The first kappa shape index (κ1) is 14.9. The molecule has 0 aliphatic rings. The number of nitrogens with one attached hydrogen (secondary N) is 1. The fourth-order valence-corrected chi connectivity index (χ4v) is 1.59. The number of anilines is 1. The van der Waals surface area contributed by atoms with E-state index >= 15 is 0 Å². The molecule has 21 heavy (non-hydrogen) atoms. The Bertz CT molecular complexity index is 656. The number of rotatable bonds is 4. The van der Waals surface area contributed by atoms with Crippen molar-refractivity contribution in [3.05, 3.63) is 36.5 Å². The Morgan fingerprint density at radius 2 is 2.05 bits per heavy atom. The highest BCUT2D eigenvalue weighted by Gasteiger charge is 2.49. The number of aromatic nitrogens is 3. The van der Waals surface area contributed by atoms with Crippen molar-refractivity contribution in [1.29, 1.82) is 0 Å². The van der Waals surface area contributed by atoms with Crippen molar-refractivity contribution in [2.75, 3.05) is 5.32 Å². The summed E-state index contributed by atoms with van der Waals surface area (Å²) in [5.74, 6) is -6.28. The zero-order chi connectivity index (χ0) is 15.6. The van der Waals surface area contributed by atoms with Crippen molar-refractivity contribution in [3.8, 4) is 5.82 Å². The van der Waals surface area contributed by atoms with Gasteiger partial charge in [0.2, 0.25) is 0 Å². The number of aryl methyl sites for hydroxylation is 1. The molecule has 2 aromatic heterocycles. The number of hydrogen-bond donors (Lipinski definition) is 1. The number of hydrogen-bond acceptors (Lipinski definition) is 3. The summed E-state index contributed by atoms with van der Waals surface area (Å²) in [6.07, 6.45) is 0.227. The minimum atomic E-state index is -4.78. The molecule has 5 nitrogen and oxygen atoms in total. The second kappa shape index (κ2) is 5.51. The van der Waals surface area contributed by atoms with Crippen LogP contribution in [0.25, 0.3) is 5.82 Å². The number of amides is 1. The van der Waals surface area contributed by atoms with E-state index in [1.165, 1.54) is 35.3 Å². The zero-order valence-corrected chi connectivity index (χ0v) is 10.7. The zero-order valence-electron chi connectivity index (χ0n) is 10.7. The van der Waals surface area contributed by atoms with E-state index in [-0.39, 0.29) is 11.5 Å². The van der Waals surface area contributed by atoms with Crippen LogP contribution >= 0.6 is 0 Å². The van der Waals surface area contributed by atoms with Crippen molar-refractivity contribution >= 4 is 11.6 Å². The first-order valence-corrected chi connectivity index (χ1v) is 5.76. The van der Waals surface area contributed by atoms with Crippen LogP contribution < -0.4 is 5.32 Å². The number of pyridine rings is 1. The maximum Gasteiger partial charge on any atom is 0.383 e. The van der Waals surface area contributed by atoms with Gasteiger partial charge in [0, 0.05) is 18.6 Å². The minimum absolute atomic E-state index is 0.103. The SMILES string of the molecule is Cc1nccn1-c1ncccc1NC(=O)C(F)(F)C(F)F. The predicted molar refractivity (Wildman–Crippen MR) is 65.7 cm³/mol. The Morgan fingerprint density at radius 3 is 2.62 bits per heavy atom. The number of carbonyl (C=O) groups excluding carboxylic acids is 1. The molecule has 9 heteroatoms. The molecule has 0 spiro atoms. The highest BCUT2D eigenvalue weighted by atomic mass is 19.3. The second-order valence-corrected chi connectivity index (χ2v) is 4.10. The van der Waals surface area contributed by atoms with E-state index in [0.29, 0.717) is 5.82 Å². The van der Waals surface area contributed by atoms with Crippen LogP contribution in [-0.4, -0.2) is 32.8 Å². The molecule has 0 bridgehead atoms. The molecule has 0 atom stereocenters. The van der Waals surface area contributed by atoms with Gasteiger partial charge in [-0.2, -0.15) is 8.78 Å². The van der Waals surface area contributed by atoms with Crippen LogP contribution in [0.3, 0.4) is 0 Å². The molecule has 2 aromatic rings. The second-order valence-electron chi connectivity index (χ2n) is 4.10. The van der Waals surface area contributed by atoms with Crippen LogP contribution in [0.5, 0.6) is 0 Å². The van der Waals surface area contributed by atoms with Crippen molar-refractivity contribution in [3.63, 3.8) is 0 Å². The Kier molecular flexibility index (Phi) is 3.92. The molecule has 0 unspecified atom stereocenters. The van der Waals surface area contributed by atoms with Crippen molar-refractivity contribution in [1.82, 2.24) is 14.5 Å². The van der Waals surface area contributed by atoms with Crippen LogP contribution in [0.4, 0.5) is 23.2 Å². The number of imidazole rings is 1. The van der Waals surface area contributed by atoms with Crippen molar-refractivity contribution in [2.24, 2.45) is 0 Å². The third-order valence-corrected chi connectivity index (χ3v) is 2.67. The molecular weight excluding hydrogens is 292 g/mol. The average molecular weight is 302 g/mol. The quantitative estimate of drug-likeness (QED) is 0.882. The largest absolute Gasteiger partial charge is 0.383 e. The van der Waals surface area contributed by atoms with Crippen molar-refractivity contribution < 1.29 is 22.4 Å². The van der Waals surface area contributed by atoms with Gasteiger partial charge in [0.1, 0.15) is 5.82 Å². The van der Waals surface area contributed by atoms with Crippen LogP contribution in [-0.2, 0) is 4.79 Å². The van der Waals surface area contributed by atoms with Crippen molar-refractivity contribution in [2.45, 2.75) is 19.3 Å². The predicted octanol–water partition coefficient (Wildman–Crippen LogP) is 2.41. The Hall–Kier alpha value is -2.45. The lowest BCUT2D eigenvalue weighted by atomic mass is 10.3. The fourth-order valence-electron chi connectivity index (χ4n) is 1.59. The molecule has 2 heterocycles. The van der Waals surface area contributed by atoms with Gasteiger partial charge < -0.3 is 5.32 Å². The maximum atomic E-state index is 13.0. The monoisotopic (exact) mass is 302 g/mol. The smallest absolute Gasteiger partial charge is 0.317 e. The normalized spacial score (nSPS) is 11.7. The average Bonchev–Trinajstić information content (AvgIpc) is 2.85. The Balaban J connectivity index is 2.35. The van der Waals surface area contributed by atoms with Gasteiger partial charge in [-0.25, -0.2) is 18.7 Å². The first-order chi connectivity index (χ1) is 9.84. The summed E-state index contributed by atoms with van der Waals surface area (Å²) >= 11 is 0. The summed E-state index contributed by atoms with van der Waals surface area (Å²) in [5.41, 5.74) is -0.121. The standard InChI is InChI=1S/C12H10F4N4O/c1-7-17-5-6-20(7)9-8(3-2-4-18-9)19-11(21)12(15,16)10(13)14/h2-6,10H,1H3,(H,19,21). The van der Waals surface area contributed by atoms with E-state index in [0.717, 1.165) is 0 Å². The number of carbonyl (C=O) groups is 1. The maximum absolute atomic E-state index is 13.0.